The molecule has 1 aromatic carbocycles. The van der Waals surface area contributed by atoms with Crippen molar-refractivity contribution in [2.75, 3.05) is 18.4 Å². The number of nitrogens with one attached hydrogen (secondary N) is 2. The average molecular weight is 312 g/mol. The zero-order chi connectivity index (χ0) is 16.3. The number of nitrogens with zero attached hydrogens (tertiary/aromatic N) is 2. The zero-order valence-electron chi connectivity index (χ0n) is 13.6. The van der Waals surface area contributed by atoms with E-state index in [0.717, 1.165) is 19.4 Å². The topological polar surface area (TPSA) is 66.9 Å². The fourth-order valence-electron chi connectivity index (χ4n) is 2.18. The van der Waals surface area contributed by atoms with Crippen LogP contribution in [0.2, 0.25) is 0 Å². The van der Waals surface area contributed by atoms with Gasteiger partial charge in [0.15, 0.2) is 0 Å². The van der Waals surface area contributed by atoms with Gasteiger partial charge in [0.2, 0.25) is 0 Å². The Kier molecular flexibility index (Phi) is 7.04. The molecule has 0 spiro atoms. The number of carbonyl (C=O) groups excluding carboxylic acids is 1. The molecular weight excluding hydrogens is 288 g/mol. The standard InChI is InChI=1S/C18H24N4O/c1-2-3-7-11-19-17-14-21-16(13-22-17)18(23)20-12-10-15-8-5-4-6-9-15/h4-6,8-9,13-14H,2-3,7,10-12H2,1H3,(H,19,22)(H,20,23). The maximum atomic E-state index is 12.0. The van der Waals surface area contributed by atoms with Crippen molar-refractivity contribution >= 4 is 11.7 Å². The summed E-state index contributed by atoms with van der Waals surface area (Å²) in [4.78, 5) is 20.4. The lowest BCUT2D eigenvalue weighted by Gasteiger charge is -2.07. The third-order valence-corrected chi connectivity index (χ3v) is 3.51. The maximum Gasteiger partial charge on any atom is 0.271 e. The van der Waals surface area contributed by atoms with Gasteiger partial charge in [0.1, 0.15) is 11.5 Å². The average Bonchev–Trinajstić information content (AvgIpc) is 2.60. The molecule has 1 heterocycles. The molecule has 0 aliphatic carbocycles. The number of amides is 1. The fraction of sp³-hybridized carbons (Fsp3) is 0.389. The van der Waals surface area contributed by atoms with Crippen LogP contribution < -0.4 is 10.6 Å². The van der Waals surface area contributed by atoms with Crippen molar-refractivity contribution in [2.45, 2.75) is 32.6 Å². The molecule has 0 atom stereocenters. The van der Waals surface area contributed by atoms with Gasteiger partial charge < -0.3 is 10.6 Å². The van der Waals surface area contributed by atoms with Crippen LogP contribution in [0.1, 0.15) is 42.2 Å². The Morgan fingerprint density at radius 2 is 1.87 bits per heavy atom. The number of anilines is 1. The van der Waals surface area contributed by atoms with E-state index in [9.17, 15) is 4.79 Å². The van der Waals surface area contributed by atoms with Crippen LogP contribution in [0.4, 0.5) is 5.82 Å². The monoisotopic (exact) mass is 312 g/mol. The fourth-order valence-corrected chi connectivity index (χ4v) is 2.18. The quantitative estimate of drug-likeness (QED) is 0.698. The van der Waals surface area contributed by atoms with Crippen molar-refractivity contribution in [3.8, 4) is 0 Å². The van der Waals surface area contributed by atoms with Crippen molar-refractivity contribution in [3.63, 3.8) is 0 Å². The van der Waals surface area contributed by atoms with E-state index in [1.807, 2.05) is 30.3 Å². The lowest BCUT2D eigenvalue weighted by atomic mass is 10.1. The second-order valence-electron chi connectivity index (χ2n) is 5.41. The first-order chi connectivity index (χ1) is 11.3. The number of hydrogen-bond donors (Lipinski definition) is 2. The van der Waals surface area contributed by atoms with Crippen LogP contribution in [0.25, 0.3) is 0 Å². The molecule has 0 unspecified atom stereocenters. The number of unbranched alkanes of at least 4 members (excludes halogenated alkanes) is 2. The lowest BCUT2D eigenvalue weighted by molar-refractivity contribution is 0.0949. The minimum absolute atomic E-state index is 0.189. The number of rotatable bonds is 9. The molecule has 122 valence electrons. The molecule has 0 saturated heterocycles. The number of carbonyl (C=O) groups is 1. The molecule has 0 saturated carbocycles. The summed E-state index contributed by atoms with van der Waals surface area (Å²) in [5.41, 5.74) is 1.54. The van der Waals surface area contributed by atoms with E-state index in [1.165, 1.54) is 24.6 Å². The second-order valence-corrected chi connectivity index (χ2v) is 5.41. The molecule has 23 heavy (non-hydrogen) atoms. The molecule has 2 aromatic rings. The van der Waals surface area contributed by atoms with Gasteiger partial charge in [0.25, 0.3) is 5.91 Å². The summed E-state index contributed by atoms with van der Waals surface area (Å²) < 4.78 is 0. The van der Waals surface area contributed by atoms with E-state index >= 15 is 0 Å². The Morgan fingerprint density at radius 1 is 1.04 bits per heavy atom. The van der Waals surface area contributed by atoms with Gasteiger partial charge in [-0.05, 0) is 18.4 Å². The van der Waals surface area contributed by atoms with E-state index in [-0.39, 0.29) is 5.91 Å². The van der Waals surface area contributed by atoms with Gasteiger partial charge in [-0.3, -0.25) is 4.79 Å². The molecule has 5 nitrogen and oxygen atoms in total. The third kappa shape index (κ3) is 6.06. The number of hydrogen-bond acceptors (Lipinski definition) is 4. The van der Waals surface area contributed by atoms with Gasteiger partial charge in [-0.25, -0.2) is 9.97 Å². The summed E-state index contributed by atoms with van der Waals surface area (Å²) in [6.07, 6.45) is 7.42. The van der Waals surface area contributed by atoms with Crippen LogP contribution in [0.15, 0.2) is 42.7 Å². The minimum atomic E-state index is -0.189. The minimum Gasteiger partial charge on any atom is -0.369 e. The van der Waals surface area contributed by atoms with Crippen LogP contribution in [0.5, 0.6) is 0 Å². The van der Waals surface area contributed by atoms with Crippen LogP contribution in [0, 0.1) is 0 Å². The smallest absolute Gasteiger partial charge is 0.271 e. The SMILES string of the molecule is CCCCCNc1cnc(C(=O)NCCc2ccccc2)cn1. The van der Waals surface area contributed by atoms with Crippen LogP contribution in [-0.2, 0) is 6.42 Å². The van der Waals surface area contributed by atoms with Gasteiger partial charge in [0, 0.05) is 13.1 Å². The summed E-state index contributed by atoms with van der Waals surface area (Å²) in [6.45, 7) is 3.64. The highest BCUT2D eigenvalue weighted by Gasteiger charge is 2.07. The van der Waals surface area contributed by atoms with E-state index in [0.29, 0.717) is 18.1 Å². The number of benzene rings is 1. The molecule has 0 aliphatic rings. The molecule has 0 fully saturated rings. The van der Waals surface area contributed by atoms with E-state index in [4.69, 9.17) is 0 Å². The summed E-state index contributed by atoms with van der Waals surface area (Å²) in [6, 6.07) is 10.1. The second kappa shape index (κ2) is 9.56. The largest absolute Gasteiger partial charge is 0.369 e. The Bertz CT molecular complexity index is 584. The van der Waals surface area contributed by atoms with Gasteiger partial charge in [-0.2, -0.15) is 0 Å². The highest BCUT2D eigenvalue weighted by Crippen LogP contribution is 2.03. The first-order valence-electron chi connectivity index (χ1n) is 8.17. The van der Waals surface area contributed by atoms with Gasteiger partial charge >= 0.3 is 0 Å². The van der Waals surface area contributed by atoms with Crippen LogP contribution in [-0.4, -0.2) is 29.0 Å². The summed E-state index contributed by atoms with van der Waals surface area (Å²) in [7, 11) is 0. The Labute approximate surface area is 137 Å². The predicted octanol–water partition coefficient (Wildman–Crippen LogP) is 3.05. The van der Waals surface area contributed by atoms with E-state index < -0.39 is 0 Å². The summed E-state index contributed by atoms with van der Waals surface area (Å²) in [5.74, 6) is 0.521. The van der Waals surface area contributed by atoms with Crippen molar-refractivity contribution in [1.29, 1.82) is 0 Å². The Morgan fingerprint density at radius 3 is 2.57 bits per heavy atom. The van der Waals surface area contributed by atoms with Crippen LogP contribution >= 0.6 is 0 Å². The molecule has 0 radical (unpaired) electrons. The van der Waals surface area contributed by atoms with Gasteiger partial charge in [-0.1, -0.05) is 50.1 Å². The zero-order valence-corrected chi connectivity index (χ0v) is 13.6. The Hall–Kier alpha value is -2.43. The first kappa shape index (κ1) is 16.9. The van der Waals surface area contributed by atoms with Crippen molar-refractivity contribution in [1.82, 2.24) is 15.3 Å². The van der Waals surface area contributed by atoms with E-state index in [2.05, 4.69) is 27.5 Å². The van der Waals surface area contributed by atoms with Crippen molar-refractivity contribution in [2.24, 2.45) is 0 Å². The third-order valence-electron chi connectivity index (χ3n) is 3.51. The lowest BCUT2D eigenvalue weighted by Crippen LogP contribution is -2.26. The van der Waals surface area contributed by atoms with Crippen LogP contribution in [0.3, 0.4) is 0 Å². The van der Waals surface area contributed by atoms with E-state index in [1.54, 1.807) is 6.20 Å². The molecule has 2 rings (SSSR count). The van der Waals surface area contributed by atoms with Gasteiger partial charge in [-0.15, -0.1) is 0 Å². The number of aromatic nitrogens is 2. The molecule has 5 heteroatoms. The molecule has 1 amide bonds. The summed E-state index contributed by atoms with van der Waals surface area (Å²) in [5, 5.41) is 6.07. The Balaban J connectivity index is 1.74. The highest BCUT2D eigenvalue weighted by molar-refractivity contribution is 5.91. The van der Waals surface area contributed by atoms with Crippen molar-refractivity contribution in [3.05, 3.63) is 54.0 Å². The normalized spacial score (nSPS) is 10.3. The molecular formula is C18H24N4O. The molecule has 0 bridgehead atoms. The predicted molar refractivity (Wildman–Crippen MR) is 92.5 cm³/mol. The molecule has 0 aliphatic heterocycles. The van der Waals surface area contributed by atoms with Crippen molar-refractivity contribution < 1.29 is 4.79 Å². The first-order valence-corrected chi connectivity index (χ1v) is 8.17. The molecule has 2 N–H and O–H groups in total. The molecule has 1 aromatic heterocycles. The summed E-state index contributed by atoms with van der Waals surface area (Å²) >= 11 is 0. The van der Waals surface area contributed by atoms with Gasteiger partial charge in [0.05, 0.1) is 12.4 Å². The maximum absolute atomic E-state index is 12.0. The highest BCUT2D eigenvalue weighted by atomic mass is 16.1.